The summed E-state index contributed by atoms with van der Waals surface area (Å²) in [6, 6.07) is 9.48. The molecule has 0 spiro atoms. The van der Waals surface area contributed by atoms with Crippen LogP contribution in [-0.2, 0) is 15.0 Å². The van der Waals surface area contributed by atoms with E-state index in [0.29, 0.717) is 30.9 Å². The number of hydrogen-bond donors (Lipinski definition) is 2. The second kappa shape index (κ2) is 13.6. The van der Waals surface area contributed by atoms with Crippen molar-refractivity contribution in [3.05, 3.63) is 54.0 Å². The van der Waals surface area contributed by atoms with Crippen molar-refractivity contribution in [2.75, 3.05) is 30.5 Å². The second-order valence-electron chi connectivity index (χ2n) is 8.24. The lowest BCUT2D eigenvalue weighted by molar-refractivity contribution is -0.124. The van der Waals surface area contributed by atoms with Gasteiger partial charge in [0.15, 0.2) is 0 Å². The van der Waals surface area contributed by atoms with E-state index in [9.17, 15) is 18.0 Å². The molecule has 1 aromatic carbocycles. The predicted molar refractivity (Wildman–Crippen MR) is 129 cm³/mol. The highest BCUT2D eigenvalue weighted by atomic mass is 19.1. The van der Waals surface area contributed by atoms with Crippen molar-refractivity contribution in [1.82, 2.24) is 4.98 Å². The van der Waals surface area contributed by atoms with Crippen LogP contribution in [0.3, 0.4) is 0 Å². The molecule has 5 nitrogen and oxygen atoms in total. The van der Waals surface area contributed by atoms with Crippen molar-refractivity contribution >= 4 is 24.2 Å². The maximum atomic E-state index is 13.1. The number of hydrogen-bond acceptors (Lipinski definition) is 4. The first-order valence-corrected chi connectivity index (χ1v) is 11.3. The average Bonchev–Trinajstić information content (AvgIpc) is 2.80. The number of nitrogens with zero attached hydrogens (tertiary/aromatic N) is 1. The quantitative estimate of drug-likeness (QED) is 0.369. The summed E-state index contributed by atoms with van der Waals surface area (Å²) < 4.78 is 38.2. The fraction of sp³-hybridized carbons (Fsp3) is 0.480. The molecule has 1 unspecified atom stereocenters. The van der Waals surface area contributed by atoms with Crippen molar-refractivity contribution in [1.29, 1.82) is 0 Å². The summed E-state index contributed by atoms with van der Waals surface area (Å²) in [5.74, 6) is 0.354. The van der Waals surface area contributed by atoms with Crippen LogP contribution in [-0.4, -0.2) is 37.6 Å². The van der Waals surface area contributed by atoms with Crippen LogP contribution in [0.4, 0.5) is 24.7 Å². The molecule has 8 heteroatoms. The number of anilines is 2. The highest BCUT2D eigenvalue weighted by Gasteiger charge is 2.45. The van der Waals surface area contributed by atoms with Crippen LogP contribution in [0.1, 0.15) is 53.4 Å². The molecule has 0 radical (unpaired) electrons. The van der Waals surface area contributed by atoms with Gasteiger partial charge in [-0.3, -0.25) is 13.6 Å². The highest BCUT2D eigenvalue weighted by molar-refractivity contribution is 5.99. The molecule has 1 aliphatic carbocycles. The Morgan fingerprint density at radius 2 is 1.79 bits per heavy atom. The molecule has 1 saturated carbocycles. The summed E-state index contributed by atoms with van der Waals surface area (Å²) in [5, 5.41) is 6.13. The molecule has 2 aromatic rings. The standard InChI is InChI=1S/C24H30F3N3O.CH2O.2H2/c25-14-2-1-4-18(11-15-26)16-28-22-10-5-19(17-29-22)24(12-3-13-24)23(31)30-21-8-6-20(27)7-9-21;1-2;;/h5-10,17-18H,1-4,11-16H2,(H,28,29)(H,30,31);1H2;2*1H. The maximum absolute atomic E-state index is 13.1. The lowest BCUT2D eigenvalue weighted by Gasteiger charge is -2.40. The lowest BCUT2D eigenvalue weighted by atomic mass is 9.64. The third kappa shape index (κ3) is 7.30. The average molecular weight is 468 g/mol. The predicted octanol–water partition coefficient (Wildman–Crippen LogP) is 6.12. The summed E-state index contributed by atoms with van der Waals surface area (Å²) in [4.78, 5) is 25.5. The zero-order chi connectivity index (χ0) is 24.1. The minimum Gasteiger partial charge on any atom is -0.370 e. The summed E-state index contributed by atoms with van der Waals surface area (Å²) in [7, 11) is 0. The normalized spacial score (nSPS) is 14.9. The van der Waals surface area contributed by atoms with Crippen LogP contribution >= 0.6 is 0 Å². The SMILES string of the molecule is C=O.O=C(Nc1ccc(F)cc1)C1(c2ccc(NCC(CCF)CCCCF)nc2)CCC1.[HH].[HH]. The van der Waals surface area contributed by atoms with Crippen LogP contribution in [0, 0.1) is 11.7 Å². The molecular formula is C25H36F3N3O2. The van der Waals surface area contributed by atoms with E-state index >= 15 is 0 Å². The Morgan fingerprint density at radius 1 is 1.06 bits per heavy atom. The first kappa shape index (κ1) is 26.4. The van der Waals surface area contributed by atoms with E-state index in [1.807, 2.05) is 18.9 Å². The Labute approximate surface area is 196 Å². The van der Waals surface area contributed by atoms with E-state index in [0.717, 1.165) is 37.7 Å². The van der Waals surface area contributed by atoms with E-state index in [-0.39, 0.29) is 33.8 Å². The van der Waals surface area contributed by atoms with Gasteiger partial charge in [0.1, 0.15) is 18.4 Å². The van der Waals surface area contributed by atoms with Gasteiger partial charge in [-0.05, 0) is 73.9 Å². The van der Waals surface area contributed by atoms with E-state index in [2.05, 4.69) is 15.6 Å². The van der Waals surface area contributed by atoms with E-state index < -0.39 is 5.41 Å². The largest absolute Gasteiger partial charge is 0.370 e. The fourth-order valence-electron chi connectivity index (χ4n) is 4.02. The van der Waals surface area contributed by atoms with Crippen LogP contribution < -0.4 is 10.6 Å². The molecule has 184 valence electrons. The zero-order valence-corrected chi connectivity index (χ0v) is 18.8. The van der Waals surface area contributed by atoms with Gasteiger partial charge < -0.3 is 15.4 Å². The molecule has 1 aromatic heterocycles. The molecule has 33 heavy (non-hydrogen) atoms. The first-order valence-electron chi connectivity index (χ1n) is 11.3. The molecule has 1 aliphatic rings. The van der Waals surface area contributed by atoms with Gasteiger partial charge in [-0.25, -0.2) is 9.37 Å². The summed E-state index contributed by atoms with van der Waals surface area (Å²) in [6.07, 6.45) is 6.65. The number of unbranched alkanes of at least 4 members (excludes halogenated alkanes) is 1. The fourth-order valence-corrected chi connectivity index (χ4v) is 4.02. The topological polar surface area (TPSA) is 71.1 Å². The van der Waals surface area contributed by atoms with Crippen molar-refractivity contribution in [3.8, 4) is 0 Å². The summed E-state index contributed by atoms with van der Waals surface area (Å²) in [6.45, 7) is 1.86. The van der Waals surface area contributed by atoms with Crippen LogP contribution in [0.2, 0.25) is 0 Å². The number of benzene rings is 1. The van der Waals surface area contributed by atoms with Gasteiger partial charge >= 0.3 is 0 Å². The number of pyridine rings is 1. The number of rotatable bonds is 12. The summed E-state index contributed by atoms with van der Waals surface area (Å²) >= 11 is 0. The molecule has 0 bridgehead atoms. The lowest BCUT2D eigenvalue weighted by Crippen LogP contribution is -2.46. The molecule has 1 amide bonds. The van der Waals surface area contributed by atoms with Gasteiger partial charge in [-0.15, -0.1) is 0 Å². The number of alkyl halides is 2. The van der Waals surface area contributed by atoms with Crippen molar-refractivity contribution in [2.24, 2.45) is 5.92 Å². The molecule has 3 rings (SSSR count). The third-order valence-corrected chi connectivity index (χ3v) is 6.15. The Morgan fingerprint density at radius 3 is 2.33 bits per heavy atom. The Kier molecular flexibility index (Phi) is 10.9. The maximum Gasteiger partial charge on any atom is 0.235 e. The Balaban J connectivity index is 0.00000282. The number of halogens is 3. The molecule has 0 aliphatic heterocycles. The minimum atomic E-state index is -0.622. The van der Waals surface area contributed by atoms with Gasteiger partial charge in [0.05, 0.1) is 18.8 Å². The molecular weight excluding hydrogens is 431 g/mol. The number of carbonyl (C=O) groups is 2. The van der Waals surface area contributed by atoms with Gasteiger partial charge in [-0.2, -0.15) is 0 Å². The van der Waals surface area contributed by atoms with Gasteiger partial charge in [0, 0.05) is 21.3 Å². The minimum absolute atomic E-state index is 0. The zero-order valence-electron chi connectivity index (χ0n) is 18.8. The molecule has 1 atom stereocenters. The number of carbonyl (C=O) groups excluding carboxylic acids is 2. The van der Waals surface area contributed by atoms with Crippen LogP contribution in [0.25, 0.3) is 0 Å². The van der Waals surface area contributed by atoms with Gasteiger partial charge in [-0.1, -0.05) is 18.9 Å². The number of aromatic nitrogens is 1. The molecule has 1 heterocycles. The number of nitrogens with one attached hydrogen (secondary N) is 2. The molecule has 0 saturated heterocycles. The van der Waals surface area contributed by atoms with E-state index in [4.69, 9.17) is 4.79 Å². The Hall–Kier alpha value is -2.90. The van der Waals surface area contributed by atoms with Crippen molar-refractivity contribution in [3.63, 3.8) is 0 Å². The molecule has 2 N–H and O–H groups in total. The smallest absolute Gasteiger partial charge is 0.235 e. The van der Waals surface area contributed by atoms with Crippen molar-refractivity contribution in [2.45, 2.75) is 50.4 Å². The van der Waals surface area contributed by atoms with Crippen molar-refractivity contribution < 1.29 is 25.6 Å². The monoisotopic (exact) mass is 467 g/mol. The van der Waals surface area contributed by atoms with Gasteiger partial charge in [0.25, 0.3) is 0 Å². The first-order chi connectivity index (χ1) is 16.1. The third-order valence-electron chi connectivity index (χ3n) is 6.15. The van der Waals surface area contributed by atoms with Gasteiger partial charge in [0.2, 0.25) is 5.91 Å². The second-order valence-corrected chi connectivity index (χ2v) is 8.24. The Bertz CT molecular complexity index is 854. The summed E-state index contributed by atoms with van der Waals surface area (Å²) in [5.41, 5.74) is 0.797. The number of amides is 1. The van der Waals surface area contributed by atoms with E-state index in [1.54, 1.807) is 18.3 Å². The molecule has 1 fully saturated rings. The van der Waals surface area contributed by atoms with E-state index in [1.165, 1.54) is 12.1 Å². The van der Waals surface area contributed by atoms with Crippen LogP contribution in [0.15, 0.2) is 42.6 Å². The van der Waals surface area contributed by atoms with Crippen LogP contribution in [0.5, 0.6) is 0 Å². The highest BCUT2D eigenvalue weighted by Crippen LogP contribution is 2.44.